The van der Waals surface area contributed by atoms with Crippen molar-refractivity contribution in [1.29, 1.82) is 0 Å². The zero-order valence-electron chi connectivity index (χ0n) is 13.0. The molecule has 0 aromatic carbocycles. The Hall–Kier alpha value is -0.660. The van der Waals surface area contributed by atoms with E-state index in [0.717, 1.165) is 0 Å². The summed E-state index contributed by atoms with van der Waals surface area (Å²) in [6.45, 7) is 5.53. The van der Waals surface area contributed by atoms with Gasteiger partial charge in [0, 0.05) is 17.6 Å². The summed E-state index contributed by atoms with van der Waals surface area (Å²) in [6, 6.07) is 1.26. The largest absolute Gasteiger partial charge is 0.598 e. The van der Waals surface area contributed by atoms with Gasteiger partial charge in [-0.1, -0.05) is 23.8 Å². The van der Waals surface area contributed by atoms with Gasteiger partial charge in [-0.3, -0.25) is 0 Å². The van der Waals surface area contributed by atoms with Gasteiger partial charge in [0.2, 0.25) is 5.95 Å². The topological polar surface area (TPSA) is 68.2 Å². The number of hydrogen-bond donors (Lipinski definition) is 2. The molecule has 2 N–H and O–H groups in total. The van der Waals surface area contributed by atoms with Gasteiger partial charge in [0.25, 0.3) is 0 Å². The van der Waals surface area contributed by atoms with E-state index in [-0.39, 0.29) is 17.7 Å². The highest BCUT2D eigenvalue weighted by molar-refractivity contribution is 7.90. The molecule has 0 bridgehead atoms. The highest BCUT2D eigenvalue weighted by Crippen LogP contribution is 2.29. The van der Waals surface area contributed by atoms with Gasteiger partial charge >= 0.3 is 0 Å². The maximum Gasteiger partial charge on any atom is 0.231 e. The highest BCUT2D eigenvalue weighted by atomic mass is 35.5. The molecule has 0 saturated heterocycles. The van der Waals surface area contributed by atoms with E-state index in [2.05, 4.69) is 9.71 Å². The van der Waals surface area contributed by atoms with Crippen molar-refractivity contribution in [3.05, 3.63) is 40.9 Å². The number of nitrogens with zero attached hydrogens (tertiary/aromatic N) is 1. The second-order valence-electron chi connectivity index (χ2n) is 5.79. The van der Waals surface area contributed by atoms with Gasteiger partial charge in [0.15, 0.2) is 0 Å². The van der Waals surface area contributed by atoms with Gasteiger partial charge in [-0.25, -0.2) is 4.98 Å². The average molecular weight is 349 g/mol. The number of aliphatic hydroxyl groups excluding tert-OH is 1. The summed E-state index contributed by atoms with van der Waals surface area (Å²) < 4.78 is 28.5. The first-order chi connectivity index (χ1) is 10.3. The number of aliphatic hydroxyl groups is 1. The number of halogens is 2. The molecule has 0 amide bonds. The monoisotopic (exact) mass is 348 g/mol. The van der Waals surface area contributed by atoms with E-state index in [4.69, 9.17) is 16.7 Å². The average Bonchev–Trinajstić information content (AvgIpc) is 2.44. The minimum absolute atomic E-state index is 0.0311. The number of rotatable bonds is 7. The van der Waals surface area contributed by atoms with Crippen LogP contribution >= 0.6 is 11.6 Å². The molecule has 0 fully saturated rings. The van der Waals surface area contributed by atoms with E-state index in [1.54, 1.807) is 12.1 Å². The molecule has 0 aliphatic carbocycles. The molecule has 1 aromatic heterocycles. The van der Waals surface area contributed by atoms with E-state index in [0.29, 0.717) is 18.4 Å². The summed E-state index contributed by atoms with van der Waals surface area (Å²) in [6.07, 6.45) is 6.00. The summed E-state index contributed by atoms with van der Waals surface area (Å²) in [7, 11) is 0. The van der Waals surface area contributed by atoms with Crippen LogP contribution in [0.4, 0.5) is 4.39 Å². The third-order valence-electron chi connectivity index (χ3n) is 2.95. The Morgan fingerprint density at radius 2 is 2.18 bits per heavy atom. The van der Waals surface area contributed by atoms with E-state index < -0.39 is 22.1 Å². The highest BCUT2D eigenvalue weighted by Gasteiger charge is 2.30. The van der Waals surface area contributed by atoms with Crippen molar-refractivity contribution < 1.29 is 14.0 Å². The van der Waals surface area contributed by atoms with Crippen LogP contribution in [0.2, 0.25) is 5.02 Å². The van der Waals surface area contributed by atoms with Crippen LogP contribution in [0.5, 0.6) is 0 Å². The minimum Gasteiger partial charge on any atom is -0.598 e. The van der Waals surface area contributed by atoms with Crippen molar-refractivity contribution in [2.24, 2.45) is 0 Å². The zero-order chi connectivity index (χ0) is 16.8. The molecule has 0 aliphatic heterocycles. The molecule has 1 rings (SSSR count). The van der Waals surface area contributed by atoms with Crippen LogP contribution in [0, 0.1) is 5.95 Å². The Morgan fingerprint density at radius 3 is 2.77 bits per heavy atom. The van der Waals surface area contributed by atoms with E-state index >= 15 is 0 Å². The second kappa shape index (κ2) is 8.84. The standard InChI is InChI=1S/C15H22ClFN2O2S/c1-15(2,3)22(21)19-12(7-5-4-6-10-20)11-8-9-18-14(17)13(11)16/h4,6,8-9,12,19-20H,5,7,10H2,1-3H3/b6-4+/t12-,22?/m1/s1. The minimum atomic E-state index is -1.31. The lowest BCUT2D eigenvalue weighted by Crippen LogP contribution is -2.41. The van der Waals surface area contributed by atoms with Gasteiger partial charge in [-0.2, -0.15) is 4.39 Å². The predicted octanol–water partition coefficient (Wildman–Crippen LogP) is 3.30. The summed E-state index contributed by atoms with van der Waals surface area (Å²) in [5.74, 6) is -0.738. The molecule has 124 valence electrons. The fraction of sp³-hybridized carbons (Fsp3) is 0.533. The van der Waals surface area contributed by atoms with Crippen molar-refractivity contribution in [1.82, 2.24) is 9.71 Å². The summed E-state index contributed by atoms with van der Waals surface area (Å²) in [5.41, 5.74) is 0.532. The number of nitrogens with one attached hydrogen (secondary N) is 1. The Labute approximate surface area is 139 Å². The van der Waals surface area contributed by atoms with Crippen LogP contribution in [-0.4, -0.2) is 26.0 Å². The molecule has 0 aliphatic rings. The molecule has 1 unspecified atom stereocenters. The predicted molar refractivity (Wildman–Crippen MR) is 88.4 cm³/mol. The fourth-order valence-electron chi connectivity index (χ4n) is 1.74. The molecular weight excluding hydrogens is 327 g/mol. The van der Waals surface area contributed by atoms with Gasteiger partial charge in [-0.05, 0) is 45.2 Å². The molecule has 4 nitrogen and oxygen atoms in total. The summed E-state index contributed by atoms with van der Waals surface area (Å²) >= 11 is 4.68. The Balaban J connectivity index is 2.95. The number of hydrogen-bond acceptors (Lipinski definition) is 4. The quantitative estimate of drug-likeness (QED) is 0.450. The molecule has 22 heavy (non-hydrogen) atoms. The first kappa shape index (κ1) is 19.4. The van der Waals surface area contributed by atoms with Crippen LogP contribution in [-0.2, 0) is 11.4 Å². The lowest BCUT2D eigenvalue weighted by atomic mass is 10.0. The normalized spacial score (nSPS) is 15.2. The van der Waals surface area contributed by atoms with E-state index in [1.807, 2.05) is 26.8 Å². The first-order valence-electron chi connectivity index (χ1n) is 7.01. The first-order valence-corrected chi connectivity index (χ1v) is 8.54. The Bertz CT molecular complexity index is 509. The molecule has 1 heterocycles. The second-order valence-corrected chi connectivity index (χ2v) is 8.16. The molecule has 7 heteroatoms. The van der Waals surface area contributed by atoms with Crippen LogP contribution in [0.1, 0.15) is 45.2 Å². The molecule has 0 spiro atoms. The number of pyridine rings is 1. The SMILES string of the molecule is CC(C)(C)[S+]([O-])N[C@H](CC/C=C/CO)c1ccnc(F)c1Cl. The number of allylic oxidation sites excluding steroid dienone is 1. The van der Waals surface area contributed by atoms with Gasteiger partial charge in [0.05, 0.1) is 12.6 Å². The molecule has 2 atom stereocenters. The smallest absolute Gasteiger partial charge is 0.231 e. The van der Waals surface area contributed by atoms with Crippen molar-refractivity contribution in [2.45, 2.75) is 44.4 Å². The van der Waals surface area contributed by atoms with Crippen molar-refractivity contribution >= 4 is 23.0 Å². The number of aromatic nitrogens is 1. The molecule has 1 aromatic rings. The van der Waals surface area contributed by atoms with Crippen molar-refractivity contribution in [3.63, 3.8) is 0 Å². The molecule has 0 radical (unpaired) electrons. The zero-order valence-corrected chi connectivity index (χ0v) is 14.5. The third kappa shape index (κ3) is 5.85. The van der Waals surface area contributed by atoms with Crippen LogP contribution in [0.3, 0.4) is 0 Å². The van der Waals surface area contributed by atoms with Crippen molar-refractivity contribution in [3.8, 4) is 0 Å². The van der Waals surface area contributed by atoms with Crippen LogP contribution < -0.4 is 4.72 Å². The fourth-order valence-corrected chi connectivity index (χ4v) is 2.84. The summed E-state index contributed by atoms with van der Waals surface area (Å²) in [4.78, 5) is 3.51. The van der Waals surface area contributed by atoms with Gasteiger partial charge in [0.1, 0.15) is 9.77 Å². The van der Waals surface area contributed by atoms with Gasteiger partial charge < -0.3 is 9.66 Å². The lowest BCUT2D eigenvalue weighted by Gasteiger charge is -2.28. The van der Waals surface area contributed by atoms with Gasteiger partial charge in [-0.15, -0.1) is 4.72 Å². The maximum absolute atomic E-state index is 13.6. The molecular formula is C15H22ClFN2O2S. The van der Waals surface area contributed by atoms with Crippen LogP contribution in [0.15, 0.2) is 24.4 Å². The third-order valence-corrected chi connectivity index (χ3v) is 4.94. The Kier molecular flexibility index (Phi) is 7.79. The maximum atomic E-state index is 13.6. The Morgan fingerprint density at radius 1 is 1.50 bits per heavy atom. The van der Waals surface area contributed by atoms with E-state index in [9.17, 15) is 8.94 Å². The summed E-state index contributed by atoms with van der Waals surface area (Å²) in [5, 5.41) is 8.69. The van der Waals surface area contributed by atoms with Crippen LogP contribution in [0.25, 0.3) is 0 Å². The lowest BCUT2D eigenvalue weighted by molar-refractivity contribution is 0.342. The van der Waals surface area contributed by atoms with Crippen molar-refractivity contribution in [2.75, 3.05) is 6.61 Å². The van der Waals surface area contributed by atoms with E-state index in [1.165, 1.54) is 6.20 Å². The molecule has 0 saturated carbocycles.